The minimum Gasteiger partial charge on any atom is -0.328 e. The minimum absolute atomic E-state index is 0.0000743. The zero-order valence-corrected chi connectivity index (χ0v) is 11.5. The Kier molecular flexibility index (Phi) is 4.82. The van der Waals surface area contributed by atoms with Crippen LogP contribution in [0.1, 0.15) is 25.5 Å². The molecule has 17 heavy (non-hydrogen) atoms. The highest BCUT2D eigenvalue weighted by molar-refractivity contribution is 6.31. The molecule has 1 rings (SSSR count). The standard InChI is InChI=1S/C13H19ClN2O/c1-5-15(3)13(17)16(4)10(2)11-8-6-7-9-12(11)14/h6-10H,5H2,1-4H3. The number of hydrogen-bond acceptors (Lipinski definition) is 1. The van der Waals surface area contributed by atoms with Gasteiger partial charge in [0.25, 0.3) is 0 Å². The second-order valence-electron chi connectivity index (χ2n) is 4.11. The summed E-state index contributed by atoms with van der Waals surface area (Å²) >= 11 is 6.13. The lowest BCUT2D eigenvalue weighted by Gasteiger charge is -2.29. The fourth-order valence-electron chi connectivity index (χ4n) is 1.59. The monoisotopic (exact) mass is 254 g/mol. The third-order valence-electron chi connectivity index (χ3n) is 3.04. The molecular formula is C13H19ClN2O. The van der Waals surface area contributed by atoms with Crippen molar-refractivity contribution in [3.63, 3.8) is 0 Å². The molecule has 0 aliphatic carbocycles. The first-order valence-electron chi connectivity index (χ1n) is 5.71. The summed E-state index contributed by atoms with van der Waals surface area (Å²) in [4.78, 5) is 15.4. The smallest absolute Gasteiger partial charge is 0.319 e. The average Bonchev–Trinajstić information content (AvgIpc) is 2.35. The van der Waals surface area contributed by atoms with Crippen molar-refractivity contribution in [2.24, 2.45) is 0 Å². The first-order chi connectivity index (χ1) is 7.99. The van der Waals surface area contributed by atoms with Gasteiger partial charge in [0.15, 0.2) is 0 Å². The lowest BCUT2D eigenvalue weighted by molar-refractivity contribution is 0.161. The fraction of sp³-hybridized carbons (Fsp3) is 0.462. The molecule has 1 aromatic carbocycles. The Morgan fingerprint density at radius 3 is 2.47 bits per heavy atom. The van der Waals surface area contributed by atoms with Gasteiger partial charge >= 0.3 is 6.03 Å². The zero-order valence-electron chi connectivity index (χ0n) is 10.8. The maximum Gasteiger partial charge on any atom is 0.319 e. The third-order valence-corrected chi connectivity index (χ3v) is 3.38. The van der Waals surface area contributed by atoms with Crippen molar-refractivity contribution < 1.29 is 4.79 Å². The number of rotatable bonds is 3. The largest absolute Gasteiger partial charge is 0.328 e. The van der Waals surface area contributed by atoms with Crippen molar-refractivity contribution >= 4 is 17.6 Å². The number of carbonyl (C=O) groups excluding carboxylic acids is 1. The Balaban J connectivity index is 2.87. The van der Waals surface area contributed by atoms with Gasteiger partial charge in [-0.25, -0.2) is 4.79 Å². The van der Waals surface area contributed by atoms with Crippen LogP contribution in [0.3, 0.4) is 0 Å². The SMILES string of the molecule is CCN(C)C(=O)N(C)C(C)c1ccccc1Cl. The van der Waals surface area contributed by atoms with Crippen LogP contribution in [0.5, 0.6) is 0 Å². The Hall–Kier alpha value is -1.22. The van der Waals surface area contributed by atoms with Gasteiger partial charge in [0, 0.05) is 25.7 Å². The Morgan fingerprint density at radius 1 is 1.35 bits per heavy atom. The summed E-state index contributed by atoms with van der Waals surface area (Å²) in [6, 6.07) is 7.57. The molecule has 0 aliphatic heterocycles. The summed E-state index contributed by atoms with van der Waals surface area (Å²) in [7, 11) is 3.58. The van der Waals surface area contributed by atoms with E-state index in [4.69, 9.17) is 11.6 Å². The molecule has 94 valence electrons. The van der Waals surface area contributed by atoms with E-state index in [1.807, 2.05) is 38.1 Å². The normalized spacial score (nSPS) is 12.1. The van der Waals surface area contributed by atoms with Crippen LogP contribution in [-0.4, -0.2) is 36.5 Å². The summed E-state index contributed by atoms with van der Waals surface area (Å²) in [5, 5.41) is 0.693. The molecule has 1 aromatic rings. The third kappa shape index (κ3) is 3.13. The van der Waals surface area contributed by atoms with Crippen molar-refractivity contribution in [3.8, 4) is 0 Å². The second-order valence-corrected chi connectivity index (χ2v) is 4.51. The van der Waals surface area contributed by atoms with Gasteiger partial charge in [-0.2, -0.15) is 0 Å². The van der Waals surface area contributed by atoms with Gasteiger partial charge in [0.1, 0.15) is 0 Å². The Labute approximate surface area is 108 Å². The summed E-state index contributed by atoms with van der Waals surface area (Å²) in [5.41, 5.74) is 0.967. The number of carbonyl (C=O) groups is 1. The van der Waals surface area contributed by atoms with Gasteiger partial charge in [-0.15, -0.1) is 0 Å². The second kappa shape index (κ2) is 5.92. The van der Waals surface area contributed by atoms with Gasteiger partial charge < -0.3 is 9.80 Å². The van der Waals surface area contributed by atoms with Crippen molar-refractivity contribution in [3.05, 3.63) is 34.9 Å². The summed E-state index contributed by atoms with van der Waals surface area (Å²) in [5.74, 6) is 0. The van der Waals surface area contributed by atoms with Gasteiger partial charge in [-0.05, 0) is 25.5 Å². The van der Waals surface area contributed by atoms with Gasteiger partial charge in [-0.3, -0.25) is 0 Å². The lowest BCUT2D eigenvalue weighted by Crippen LogP contribution is -2.39. The molecule has 0 aromatic heterocycles. The first-order valence-corrected chi connectivity index (χ1v) is 6.09. The highest BCUT2D eigenvalue weighted by Gasteiger charge is 2.21. The molecule has 4 heteroatoms. The molecular weight excluding hydrogens is 236 g/mol. The van der Waals surface area contributed by atoms with E-state index in [1.165, 1.54) is 0 Å². The maximum absolute atomic E-state index is 12.0. The van der Waals surface area contributed by atoms with Crippen molar-refractivity contribution in [1.82, 2.24) is 9.80 Å². The molecule has 3 nitrogen and oxygen atoms in total. The van der Waals surface area contributed by atoms with E-state index in [-0.39, 0.29) is 12.1 Å². The molecule has 0 N–H and O–H groups in total. The molecule has 0 spiro atoms. The van der Waals surface area contributed by atoms with Crippen LogP contribution >= 0.6 is 11.6 Å². The predicted octanol–water partition coefficient (Wildman–Crippen LogP) is 3.40. The number of nitrogens with zero attached hydrogens (tertiary/aromatic N) is 2. The Bertz CT molecular complexity index is 395. The lowest BCUT2D eigenvalue weighted by atomic mass is 10.1. The molecule has 0 saturated heterocycles. The van der Waals surface area contributed by atoms with Crippen molar-refractivity contribution in [2.75, 3.05) is 20.6 Å². The number of urea groups is 1. The molecule has 0 fully saturated rings. The molecule has 0 heterocycles. The summed E-state index contributed by atoms with van der Waals surface area (Å²) in [6.07, 6.45) is 0. The molecule has 0 saturated carbocycles. The number of benzene rings is 1. The zero-order chi connectivity index (χ0) is 13.0. The number of amides is 2. The molecule has 0 radical (unpaired) electrons. The van der Waals surface area contributed by atoms with E-state index in [1.54, 1.807) is 23.9 Å². The van der Waals surface area contributed by atoms with E-state index >= 15 is 0 Å². The van der Waals surface area contributed by atoms with Crippen molar-refractivity contribution in [1.29, 1.82) is 0 Å². The van der Waals surface area contributed by atoms with Gasteiger partial charge in [0.2, 0.25) is 0 Å². The summed E-state index contributed by atoms with van der Waals surface area (Å²) in [6.45, 7) is 4.62. The van der Waals surface area contributed by atoms with Gasteiger partial charge in [0.05, 0.1) is 6.04 Å². The van der Waals surface area contributed by atoms with Crippen LogP contribution in [0, 0.1) is 0 Å². The quantitative estimate of drug-likeness (QED) is 0.811. The van der Waals surface area contributed by atoms with E-state index in [0.29, 0.717) is 11.6 Å². The fourth-order valence-corrected chi connectivity index (χ4v) is 1.89. The summed E-state index contributed by atoms with van der Waals surface area (Å²) < 4.78 is 0. The number of halogens is 1. The van der Waals surface area contributed by atoms with Crippen LogP contribution in [0.2, 0.25) is 5.02 Å². The molecule has 0 aliphatic rings. The molecule has 1 atom stereocenters. The van der Waals surface area contributed by atoms with E-state index in [9.17, 15) is 4.79 Å². The van der Waals surface area contributed by atoms with Crippen LogP contribution in [0.4, 0.5) is 4.79 Å². The van der Waals surface area contributed by atoms with E-state index < -0.39 is 0 Å². The van der Waals surface area contributed by atoms with Crippen molar-refractivity contribution in [2.45, 2.75) is 19.9 Å². The molecule has 2 amide bonds. The van der Waals surface area contributed by atoms with E-state index in [2.05, 4.69) is 0 Å². The minimum atomic E-state index is -0.0369. The van der Waals surface area contributed by atoms with Crippen LogP contribution < -0.4 is 0 Å². The first kappa shape index (κ1) is 13.8. The predicted molar refractivity (Wildman–Crippen MR) is 71.3 cm³/mol. The Morgan fingerprint density at radius 2 is 1.94 bits per heavy atom. The van der Waals surface area contributed by atoms with Crippen LogP contribution in [0.15, 0.2) is 24.3 Å². The highest BCUT2D eigenvalue weighted by atomic mass is 35.5. The van der Waals surface area contributed by atoms with E-state index in [0.717, 1.165) is 5.56 Å². The van der Waals surface area contributed by atoms with Crippen LogP contribution in [0.25, 0.3) is 0 Å². The maximum atomic E-state index is 12.0. The highest BCUT2D eigenvalue weighted by Crippen LogP contribution is 2.26. The number of hydrogen-bond donors (Lipinski definition) is 0. The molecule has 1 unspecified atom stereocenters. The average molecular weight is 255 g/mol. The van der Waals surface area contributed by atoms with Crippen LogP contribution in [-0.2, 0) is 0 Å². The molecule has 0 bridgehead atoms. The van der Waals surface area contributed by atoms with Gasteiger partial charge in [-0.1, -0.05) is 29.8 Å². The topological polar surface area (TPSA) is 23.6 Å².